The third kappa shape index (κ3) is 4.09. The molecule has 4 nitrogen and oxygen atoms in total. The van der Waals surface area contributed by atoms with Gasteiger partial charge in [-0.1, -0.05) is 6.92 Å². The molecule has 0 saturated heterocycles. The Morgan fingerprint density at radius 1 is 1.38 bits per heavy atom. The van der Waals surface area contributed by atoms with Gasteiger partial charge < -0.3 is 4.57 Å². The van der Waals surface area contributed by atoms with Gasteiger partial charge in [0, 0.05) is 29.0 Å². The Kier molecular flexibility index (Phi) is 4.73. The monoisotopic (exact) mass is 307 g/mol. The van der Waals surface area contributed by atoms with Crippen molar-refractivity contribution in [3.8, 4) is 0 Å². The Balaban J connectivity index is 2.62. The van der Waals surface area contributed by atoms with Crippen molar-refractivity contribution in [3.63, 3.8) is 0 Å². The van der Waals surface area contributed by atoms with Crippen molar-refractivity contribution in [2.75, 3.05) is 11.5 Å². The minimum Gasteiger partial charge on any atom is -0.314 e. The molecule has 0 atom stereocenters. The Bertz CT molecular complexity index is 507. The average molecular weight is 308 g/mol. The number of rotatable bonds is 5. The summed E-state index contributed by atoms with van der Waals surface area (Å²) in [6.07, 6.45) is 2.13. The van der Waals surface area contributed by atoms with E-state index in [-0.39, 0.29) is 17.1 Å². The normalized spacial score (nSPS) is 11.6. The minimum absolute atomic E-state index is 0.114. The van der Waals surface area contributed by atoms with Crippen LogP contribution in [-0.4, -0.2) is 24.5 Å². The van der Waals surface area contributed by atoms with Gasteiger partial charge >= 0.3 is 0 Å². The standard InChI is InChI=1S/C10H14BrNO3S/c1-2-16(14,15)7-3-6-12-8-9(11)4-5-10(12)13/h4-5,8H,2-3,6-7H2,1H3. The summed E-state index contributed by atoms with van der Waals surface area (Å²) in [5.41, 5.74) is -0.114. The molecule has 0 aliphatic rings. The molecule has 0 bridgehead atoms. The maximum Gasteiger partial charge on any atom is 0.250 e. The molecule has 0 aliphatic heterocycles. The van der Waals surface area contributed by atoms with Gasteiger partial charge in [0.2, 0.25) is 0 Å². The molecule has 0 aliphatic carbocycles. The first kappa shape index (κ1) is 13.4. The van der Waals surface area contributed by atoms with E-state index in [9.17, 15) is 13.2 Å². The lowest BCUT2D eigenvalue weighted by atomic mass is 10.4. The van der Waals surface area contributed by atoms with E-state index in [0.29, 0.717) is 13.0 Å². The van der Waals surface area contributed by atoms with Crippen LogP contribution in [0, 0.1) is 0 Å². The van der Waals surface area contributed by atoms with Crippen LogP contribution in [0.5, 0.6) is 0 Å². The highest BCUT2D eigenvalue weighted by molar-refractivity contribution is 9.10. The van der Waals surface area contributed by atoms with Crippen LogP contribution in [-0.2, 0) is 16.4 Å². The smallest absolute Gasteiger partial charge is 0.250 e. The highest BCUT2D eigenvalue weighted by Crippen LogP contribution is 2.05. The molecule has 1 heterocycles. The molecule has 1 rings (SSSR count). The first-order chi connectivity index (χ1) is 7.44. The van der Waals surface area contributed by atoms with Gasteiger partial charge in [-0.25, -0.2) is 8.42 Å². The van der Waals surface area contributed by atoms with Crippen molar-refractivity contribution in [1.82, 2.24) is 4.57 Å². The highest BCUT2D eigenvalue weighted by Gasteiger charge is 2.07. The fourth-order valence-corrected chi connectivity index (χ4v) is 2.51. The molecule has 0 unspecified atom stereocenters. The van der Waals surface area contributed by atoms with Crippen molar-refractivity contribution in [2.45, 2.75) is 19.9 Å². The molecule has 1 aromatic heterocycles. The van der Waals surface area contributed by atoms with Crippen molar-refractivity contribution < 1.29 is 8.42 Å². The van der Waals surface area contributed by atoms with E-state index in [1.54, 1.807) is 19.2 Å². The number of hydrogen-bond donors (Lipinski definition) is 0. The predicted molar refractivity (Wildman–Crippen MR) is 67.3 cm³/mol. The van der Waals surface area contributed by atoms with E-state index in [1.165, 1.54) is 10.6 Å². The largest absolute Gasteiger partial charge is 0.314 e. The SMILES string of the molecule is CCS(=O)(=O)CCCn1cc(Br)ccc1=O. The number of aromatic nitrogens is 1. The third-order valence-electron chi connectivity index (χ3n) is 2.24. The topological polar surface area (TPSA) is 56.1 Å². The fourth-order valence-electron chi connectivity index (χ4n) is 1.28. The second-order valence-electron chi connectivity index (χ2n) is 3.47. The van der Waals surface area contributed by atoms with Gasteiger partial charge in [0.25, 0.3) is 5.56 Å². The molecule has 0 fully saturated rings. The van der Waals surface area contributed by atoms with E-state index in [2.05, 4.69) is 15.9 Å². The minimum atomic E-state index is -2.94. The van der Waals surface area contributed by atoms with Crippen LogP contribution >= 0.6 is 15.9 Å². The number of pyridine rings is 1. The van der Waals surface area contributed by atoms with E-state index < -0.39 is 9.84 Å². The second kappa shape index (κ2) is 5.63. The van der Waals surface area contributed by atoms with Gasteiger partial charge in [-0.05, 0) is 28.4 Å². The van der Waals surface area contributed by atoms with Crippen LogP contribution in [0.2, 0.25) is 0 Å². The molecule has 0 amide bonds. The number of hydrogen-bond acceptors (Lipinski definition) is 3. The van der Waals surface area contributed by atoms with E-state index in [4.69, 9.17) is 0 Å². The van der Waals surface area contributed by atoms with Crippen molar-refractivity contribution in [2.24, 2.45) is 0 Å². The van der Waals surface area contributed by atoms with Crippen molar-refractivity contribution in [3.05, 3.63) is 33.2 Å². The second-order valence-corrected chi connectivity index (χ2v) is 6.86. The number of aryl methyl sites for hydroxylation is 1. The van der Waals surface area contributed by atoms with Crippen LogP contribution in [0.3, 0.4) is 0 Å². The summed E-state index contributed by atoms with van der Waals surface area (Å²) in [5, 5.41) is 0. The number of nitrogens with zero attached hydrogens (tertiary/aromatic N) is 1. The van der Waals surface area contributed by atoms with Gasteiger partial charge in [-0.15, -0.1) is 0 Å². The molecular weight excluding hydrogens is 294 g/mol. The fraction of sp³-hybridized carbons (Fsp3) is 0.500. The zero-order valence-electron chi connectivity index (χ0n) is 9.02. The summed E-state index contributed by atoms with van der Waals surface area (Å²) in [6.45, 7) is 2.05. The van der Waals surface area contributed by atoms with Gasteiger partial charge in [0.15, 0.2) is 0 Å². The van der Waals surface area contributed by atoms with Gasteiger partial charge in [0.1, 0.15) is 9.84 Å². The maximum absolute atomic E-state index is 11.4. The van der Waals surface area contributed by atoms with Crippen LogP contribution < -0.4 is 5.56 Å². The maximum atomic E-state index is 11.4. The van der Waals surface area contributed by atoms with Crippen LogP contribution in [0.25, 0.3) is 0 Å². The van der Waals surface area contributed by atoms with Crippen LogP contribution in [0.1, 0.15) is 13.3 Å². The summed E-state index contributed by atoms with van der Waals surface area (Å²) in [6, 6.07) is 3.13. The van der Waals surface area contributed by atoms with E-state index in [0.717, 1.165) is 4.47 Å². The molecule has 0 N–H and O–H groups in total. The summed E-state index contributed by atoms with van der Waals surface area (Å²) in [4.78, 5) is 11.4. The molecule has 6 heteroatoms. The van der Waals surface area contributed by atoms with Gasteiger partial charge in [0.05, 0.1) is 5.75 Å². The van der Waals surface area contributed by atoms with E-state index in [1.807, 2.05) is 0 Å². The first-order valence-electron chi connectivity index (χ1n) is 5.01. The molecular formula is C10H14BrNO3S. The molecule has 0 saturated carbocycles. The highest BCUT2D eigenvalue weighted by atomic mass is 79.9. The van der Waals surface area contributed by atoms with Crippen molar-refractivity contribution >= 4 is 25.8 Å². The summed E-state index contributed by atoms with van der Waals surface area (Å²) >= 11 is 3.26. The van der Waals surface area contributed by atoms with Gasteiger partial charge in [-0.3, -0.25) is 4.79 Å². The Hall–Kier alpha value is -0.620. The zero-order chi connectivity index (χ0) is 12.2. The lowest BCUT2D eigenvalue weighted by molar-refractivity contribution is 0.585. The Labute approximate surface area is 103 Å². The lowest BCUT2D eigenvalue weighted by Crippen LogP contribution is -2.20. The molecule has 1 aromatic rings. The molecule has 0 aromatic carbocycles. The summed E-state index contributed by atoms with van der Waals surface area (Å²) in [5.74, 6) is 0.281. The molecule has 0 radical (unpaired) electrons. The average Bonchev–Trinajstić information content (AvgIpc) is 2.23. The van der Waals surface area contributed by atoms with E-state index >= 15 is 0 Å². The van der Waals surface area contributed by atoms with Gasteiger partial charge in [-0.2, -0.15) is 0 Å². The lowest BCUT2D eigenvalue weighted by Gasteiger charge is -2.05. The molecule has 0 spiro atoms. The third-order valence-corrected chi connectivity index (χ3v) is 4.50. The van der Waals surface area contributed by atoms with Crippen LogP contribution in [0.4, 0.5) is 0 Å². The quantitative estimate of drug-likeness (QED) is 0.827. The first-order valence-corrected chi connectivity index (χ1v) is 7.62. The summed E-state index contributed by atoms with van der Waals surface area (Å²) in [7, 11) is -2.94. The summed E-state index contributed by atoms with van der Waals surface area (Å²) < 4.78 is 24.8. The molecule has 90 valence electrons. The number of sulfone groups is 1. The van der Waals surface area contributed by atoms with Crippen molar-refractivity contribution in [1.29, 1.82) is 0 Å². The zero-order valence-corrected chi connectivity index (χ0v) is 11.4. The number of halogens is 1. The Morgan fingerprint density at radius 3 is 2.69 bits per heavy atom. The predicted octanol–water partition coefficient (Wildman–Crippen LogP) is 1.44. The van der Waals surface area contributed by atoms with Crippen LogP contribution in [0.15, 0.2) is 27.6 Å². The molecule has 16 heavy (non-hydrogen) atoms. The Morgan fingerprint density at radius 2 is 2.06 bits per heavy atom.